The number of carbonyl (C=O) groups is 1. The first kappa shape index (κ1) is 16.5. The van der Waals surface area contributed by atoms with Crippen molar-refractivity contribution in [3.63, 3.8) is 0 Å². The molecule has 1 aliphatic carbocycles. The standard InChI is InChI=1S/C13H21F4N3O/c14-10(15)13(16,17)9-19-5-7-20(8-6-19)11(21)12(18)3-1-2-4-12/h10H,1-9,18H2. The number of alkyl halides is 4. The van der Waals surface area contributed by atoms with Crippen LogP contribution in [-0.2, 0) is 4.79 Å². The lowest BCUT2D eigenvalue weighted by Gasteiger charge is -2.39. The van der Waals surface area contributed by atoms with Crippen LogP contribution in [0.2, 0.25) is 0 Å². The van der Waals surface area contributed by atoms with Gasteiger partial charge in [-0.2, -0.15) is 8.78 Å². The summed E-state index contributed by atoms with van der Waals surface area (Å²) in [4.78, 5) is 15.2. The fourth-order valence-corrected chi connectivity index (χ4v) is 3.01. The van der Waals surface area contributed by atoms with E-state index < -0.39 is 24.4 Å². The van der Waals surface area contributed by atoms with E-state index in [0.717, 1.165) is 12.8 Å². The van der Waals surface area contributed by atoms with Gasteiger partial charge in [0.2, 0.25) is 5.91 Å². The topological polar surface area (TPSA) is 49.6 Å². The Morgan fingerprint density at radius 3 is 2.14 bits per heavy atom. The third kappa shape index (κ3) is 3.66. The Balaban J connectivity index is 1.84. The van der Waals surface area contributed by atoms with E-state index in [1.807, 2.05) is 0 Å². The summed E-state index contributed by atoms with van der Waals surface area (Å²) < 4.78 is 50.3. The largest absolute Gasteiger partial charge is 0.339 e. The van der Waals surface area contributed by atoms with E-state index in [1.54, 1.807) is 4.90 Å². The molecule has 1 saturated heterocycles. The van der Waals surface area contributed by atoms with Crippen LogP contribution in [0.1, 0.15) is 25.7 Å². The molecule has 4 nitrogen and oxygen atoms in total. The lowest BCUT2D eigenvalue weighted by Crippen LogP contribution is -2.59. The molecule has 21 heavy (non-hydrogen) atoms. The number of piperazine rings is 1. The van der Waals surface area contributed by atoms with Gasteiger partial charge in [0.05, 0.1) is 12.1 Å². The Morgan fingerprint density at radius 1 is 1.14 bits per heavy atom. The highest BCUT2D eigenvalue weighted by Crippen LogP contribution is 2.30. The van der Waals surface area contributed by atoms with Crippen LogP contribution < -0.4 is 5.73 Å². The number of nitrogens with zero attached hydrogens (tertiary/aromatic N) is 2. The average molecular weight is 311 g/mol. The molecule has 0 aromatic heterocycles. The van der Waals surface area contributed by atoms with E-state index in [4.69, 9.17) is 5.73 Å². The van der Waals surface area contributed by atoms with Crippen LogP contribution >= 0.6 is 0 Å². The van der Waals surface area contributed by atoms with Crippen LogP contribution in [0.15, 0.2) is 0 Å². The van der Waals surface area contributed by atoms with Gasteiger partial charge in [0, 0.05) is 26.2 Å². The number of hydrogen-bond acceptors (Lipinski definition) is 3. The fraction of sp³-hybridized carbons (Fsp3) is 0.923. The summed E-state index contributed by atoms with van der Waals surface area (Å²) >= 11 is 0. The third-order valence-electron chi connectivity index (χ3n) is 4.33. The molecule has 122 valence electrons. The van der Waals surface area contributed by atoms with Crippen molar-refractivity contribution in [3.8, 4) is 0 Å². The van der Waals surface area contributed by atoms with Gasteiger partial charge in [0.15, 0.2) is 0 Å². The molecule has 0 unspecified atom stereocenters. The maximum absolute atomic E-state index is 13.0. The van der Waals surface area contributed by atoms with Gasteiger partial charge in [0.25, 0.3) is 0 Å². The molecule has 0 atom stereocenters. The number of rotatable bonds is 4. The van der Waals surface area contributed by atoms with Crippen LogP contribution in [0.3, 0.4) is 0 Å². The molecule has 2 rings (SSSR count). The van der Waals surface area contributed by atoms with Crippen molar-refractivity contribution in [2.75, 3.05) is 32.7 Å². The number of carbonyl (C=O) groups excluding carboxylic acids is 1. The Hall–Kier alpha value is -0.890. The fourth-order valence-electron chi connectivity index (χ4n) is 3.01. The first-order chi connectivity index (χ1) is 9.74. The van der Waals surface area contributed by atoms with E-state index in [2.05, 4.69) is 0 Å². The minimum Gasteiger partial charge on any atom is -0.339 e. The first-order valence-electron chi connectivity index (χ1n) is 7.21. The lowest BCUT2D eigenvalue weighted by molar-refractivity contribution is -0.150. The van der Waals surface area contributed by atoms with Gasteiger partial charge in [-0.05, 0) is 12.8 Å². The van der Waals surface area contributed by atoms with E-state index in [9.17, 15) is 22.4 Å². The van der Waals surface area contributed by atoms with Crippen LogP contribution in [0, 0.1) is 0 Å². The molecule has 1 saturated carbocycles. The minimum absolute atomic E-state index is 0.139. The molecule has 0 aromatic rings. The molecule has 1 aliphatic heterocycles. The van der Waals surface area contributed by atoms with Crippen molar-refractivity contribution in [2.24, 2.45) is 5.73 Å². The predicted octanol–water partition coefficient (Wildman–Crippen LogP) is 1.30. The quantitative estimate of drug-likeness (QED) is 0.796. The highest BCUT2D eigenvalue weighted by Gasteiger charge is 2.44. The van der Waals surface area contributed by atoms with Gasteiger partial charge in [-0.15, -0.1) is 0 Å². The first-order valence-corrected chi connectivity index (χ1v) is 7.21. The predicted molar refractivity (Wildman–Crippen MR) is 69.4 cm³/mol. The van der Waals surface area contributed by atoms with Crippen LogP contribution in [0.25, 0.3) is 0 Å². The summed E-state index contributed by atoms with van der Waals surface area (Å²) in [7, 11) is 0. The molecule has 0 radical (unpaired) electrons. The number of nitrogens with two attached hydrogens (primary N) is 1. The van der Waals surface area contributed by atoms with Crippen molar-refractivity contribution in [2.45, 2.75) is 43.6 Å². The Labute approximate surface area is 121 Å². The number of halogens is 4. The molecular formula is C13H21F4N3O. The second-order valence-corrected chi connectivity index (χ2v) is 5.99. The van der Waals surface area contributed by atoms with Crippen molar-refractivity contribution in [1.82, 2.24) is 9.80 Å². The molecule has 0 aromatic carbocycles. The van der Waals surface area contributed by atoms with Crippen LogP contribution in [0.5, 0.6) is 0 Å². The zero-order valence-electron chi connectivity index (χ0n) is 11.8. The van der Waals surface area contributed by atoms with Gasteiger partial charge < -0.3 is 10.6 Å². The van der Waals surface area contributed by atoms with E-state index in [-0.39, 0.29) is 32.1 Å². The number of hydrogen-bond donors (Lipinski definition) is 1. The van der Waals surface area contributed by atoms with Gasteiger partial charge in [-0.3, -0.25) is 9.69 Å². The van der Waals surface area contributed by atoms with Crippen molar-refractivity contribution < 1.29 is 22.4 Å². The molecule has 8 heteroatoms. The summed E-state index contributed by atoms with van der Waals surface area (Å²) in [6.45, 7) is -0.108. The summed E-state index contributed by atoms with van der Waals surface area (Å²) in [6.07, 6.45) is -0.528. The normalized spacial score (nSPS) is 23.8. The molecule has 1 amide bonds. The van der Waals surface area contributed by atoms with E-state index in [0.29, 0.717) is 12.8 Å². The summed E-state index contributed by atoms with van der Waals surface area (Å²) in [5, 5.41) is 0. The lowest BCUT2D eigenvalue weighted by atomic mass is 9.97. The number of amides is 1. The third-order valence-corrected chi connectivity index (χ3v) is 4.33. The van der Waals surface area contributed by atoms with Crippen LogP contribution in [0.4, 0.5) is 17.6 Å². The Morgan fingerprint density at radius 2 is 1.67 bits per heavy atom. The minimum atomic E-state index is -4.01. The van der Waals surface area contributed by atoms with Crippen molar-refractivity contribution in [3.05, 3.63) is 0 Å². The zero-order valence-corrected chi connectivity index (χ0v) is 11.8. The smallest absolute Gasteiger partial charge is 0.319 e. The van der Waals surface area contributed by atoms with Gasteiger partial charge >= 0.3 is 12.3 Å². The second kappa shape index (κ2) is 6.08. The van der Waals surface area contributed by atoms with E-state index in [1.165, 1.54) is 4.90 Å². The maximum Gasteiger partial charge on any atom is 0.319 e. The van der Waals surface area contributed by atoms with E-state index >= 15 is 0 Å². The molecule has 0 spiro atoms. The summed E-state index contributed by atoms with van der Waals surface area (Å²) in [5.74, 6) is -4.15. The molecular weight excluding hydrogens is 290 g/mol. The molecule has 2 aliphatic rings. The zero-order chi connectivity index (χ0) is 15.7. The molecule has 2 N–H and O–H groups in total. The monoisotopic (exact) mass is 311 g/mol. The SMILES string of the molecule is NC1(C(=O)N2CCN(CC(F)(F)C(F)F)CC2)CCCC1. The molecule has 0 bridgehead atoms. The Kier molecular flexibility index (Phi) is 4.77. The van der Waals surface area contributed by atoms with Gasteiger partial charge in [0.1, 0.15) is 0 Å². The maximum atomic E-state index is 13.0. The van der Waals surface area contributed by atoms with Gasteiger partial charge in [-0.1, -0.05) is 12.8 Å². The Bertz CT molecular complexity index is 378. The molecule has 1 heterocycles. The van der Waals surface area contributed by atoms with Crippen molar-refractivity contribution in [1.29, 1.82) is 0 Å². The van der Waals surface area contributed by atoms with Crippen molar-refractivity contribution >= 4 is 5.91 Å². The van der Waals surface area contributed by atoms with Gasteiger partial charge in [-0.25, -0.2) is 8.78 Å². The average Bonchev–Trinajstić information content (AvgIpc) is 2.86. The highest BCUT2D eigenvalue weighted by molar-refractivity contribution is 5.86. The summed E-state index contributed by atoms with van der Waals surface area (Å²) in [5.41, 5.74) is 5.26. The highest BCUT2D eigenvalue weighted by atomic mass is 19.3. The molecule has 2 fully saturated rings. The second-order valence-electron chi connectivity index (χ2n) is 5.99. The summed E-state index contributed by atoms with van der Waals surface area (Å²) in [6, 6.07) is 0. The van der Waals surface area contributed by atoms with Crippen LogP contribution in [-0.4, -0.2) is 66.3 Å².